The second-order valence-corrected chi connectivity index (χ2v) is 14.8. The van der Waals surface area contributed by atoms with Crippen LogP contribution < -0.4 is 0 Å². The molecule has 0 aromatic rings. The number of allylic oxidation sites excluding steroid dienone is 14. The van der Waals surface area contributed by atoms with E-state index in [-0.39, 0.29) is 42.7 Å². The number of carbonyl (C=O) groups is 3. The number of unbranched alkanes of at least 4 members (excludes halogenated alkanes) is 8. The molecule has 1 N–H and O–H groups in total. The summed E-state index contributed by atoms with van der Waals surface area (Å²) in [7, 11) is 5.49. The molecule has 0 aliphatic rings. The fraction of sp³-hybridized carbons (Fsp3) is 0.638. The molecule has 0 aliphatic carbocycles. The number of carboxylic acid groups (broad SMARTS) is 1. The van der Waals surface area contributed by atoms with Gasteiger partial charge in [-0.2, -0.15) is 0 Å². The maximum atomic E-state index is 12.6. The van der Waals surface area contributed by atoms with Crippen LogP contribution in [-0.2, 0) is 28.6 Å². The molecule has 0 saturated heterocycles. The first-order chi connectivity index (χ1) is 26.6. The van der Waals surface area contributed by atoms with Crippen LogP contribution in [0.2, 0.25) is 0 Å². The van der Waals surface area contributed by atoms with Crippen LogP contribution >= 0.6 is 0 Å². The largest absolute Gasteiger partial charge is 0.477 e. The van der Waals surface area contributed by atoms with Crippen LogP contribution in [0.15, 0.2) is 85.1 Å². The first kappa shape index (κ1) is 51.5. The number of hydrogen-bond donors (Lipinski definition) is 1. The topological polar surface area (TPSA) is 99.1 Å². The Labute approximate surface area is 335 Å². The number of quaternary nitrogens is 1. The minimum atomic E-state index is -0.887. The average Bonchev–Trinajstić information content (AvgIpc) is 3.14. The maximum Gasteiger partial charge on any atom is 0.362 e. The molecule has 0 amide bonds. The monoisotopic (exact) mass is 769 g/mol. The molecule has 55 heavy (non-hydrogen) atoms. The molecule has 0 saturated carbocycles. The fourth-order valence-corrected chi connectivity index (χ4v) is 5.57. The predicted octanol–water partition coefficient (Wildman–Crippen LogP) is 11.4. The highest BCUT2D eigenvalue weighted by atomic mass is 16.6. The van der Waals surface area contributed by atoms with Crippen molar-refractivity contribution in [2.24, 2.45) is 0 Å². The summed E-state index contributed by atoms with van der Waals surface area (Å²) in [6.07, 6.45) is 47.9. The highest BCUT2D eigenvalue weighted by Gasteiger charge is 2.31. The van der Waals surface area contributed by atoms with Gasteiger partial charge >= 0.3 is 17.9 Å². The number of aliphatic carboxylic acids is 1. The highest BCUT2D eigenvalue weighted by molar-refractivity contribution is 5.72. The summed E-state index contributed by atoms with van der Waals surface area (Å²) in [4.78, 5) is 36.8. The number of carboxylic acids is 1. The van der Waals surface area contributed by atoms with E-state index in [1.54, 1.807) is 0 Å². The standard InChI is InChI=1S/C47H77NO7/c1-6-8-10-12-14-16-17-18-19-20-21-22-23-24-25-26-27-28-30-31-33-35-37-45(49)54-42-43(41-53-40-39-44(47(51)52)48(3,4)5)55-46(50)38-36-34-32-29-15-13-11-9-7-2/h8-11,14-16,18-19,21-22,24-25,29,43-44H,6-7,12-13,17,20,23,26-28,30-42H2,1-5H3/p+1/b10-8+,11-9+,16-14+,19-18+,22-21+,25-24+,29-15+. The maximum absolute atomic E-state index is 12.6. The van der Waals surface area contributed by atoms with E-state index in [9.17, 15) is 19.5 Å². The highest BCUT2D eigenvalue weighted by Crippen LogP contribution is 2.12. The smallest absolute Gasteiger partial charge is 0.362 e. The number of likely N-dealkylation sites (N-methyl/N-ethyl adjacent to an activating group) is 1. The zero-order chi connectivity index (χ0) is 40.7. The van der Waals surface area contributed by atoms with Crippen LogP contribution in [0.25, 0.3) is 0 Å². The number of rotatable bonds is 36. The number of nitrogens with zero attached hydrogens (tertiary/aromatic N) is 1. The van der Waals surface area contributed by atoms with Crippen molar-refractivity contribution < 1.29 is 38.2 Å². The van der Waals surface area contributed by atoms with E-state index in [1.807, 2.05) is 21.1 Å². The molecule has 0 aliphatic heterocycles. The lowest BCUT2D eigenvalue weighted by Gasteiger charge is -2.31. The van der Waals surface area contributed by atoms with Gasteiger partial charge in [-0.1, -0.05) is 125 Å². The number of ether oxygens (including phenoxy) is 3. The predicted molar refractivity (Wildman–Crippen MR) is 229 cm³/mol. The van der Waals surface area contributed by atoms with Gasteiger partial charge in [0.1, 0.15) is 6.61 Å². The first-order valence-corrected chi connectivity index (χ1v) is 21.1. The first-order valence-electron chi connectivity index (χ1n) is 21.1. The number of hydrogen-bond acceptors (Lipinski definition) is 6. The Morgan fingerprint density at radius 1 is 0.545 bits per heavy atom. The molecule has 0 radical (unpaired) electrons. The lowest BCUT2D eigenvalue weighted by Crippen LogP contribution is -2.50. The second-order valence-electron chi connectivity index (χ2n) is 14.8. The van der Waals surface area contributed by atoms with Crippen molar-refractivity contribution in [2.45, 2.75) is 154 Å². The molecule has 8 nitrogen and oxygen atoms in total. The van der Waals surface area contributed by atoms with Gasteiger partial charge in [-0.25, -0.2) is 4.79 Å². The molecule has 2 unspecified atom stereocenters. The van der Waals surface area contributed by atoms with Gasteiger partial charge in [-0.05, 0) is 83.5 Å². The number of carbonyl (C=O) groups excluding carboxylic acids is 2. The molecule has 8 heteroatoms. The number of esters is 2. The Morgan fingerprint density at radius 2 is 0.964 bits per heavy atom. The Bertz CT molecular complexity index is 1170. The van der Waals surface area contributed by atoms with Crippen molar-refractivity contribution in [3.63, 3.8) is 0 Å². The van der Waals surface area contributed by atoms with Gasteiger partial charge in [0.2, 0.25) is 0 Å². The SMILES string of the molecule is CC/C=C/C/C=C/C/C=C/C/C=C/C/C=C/CCCCCCCCC(=O)OCC(COCCC(C(=O)O)[N+](C)(C)C)OC(=O)CCCC/C=C/C/C=C/CC. The molecule has 0 fully saturated rings. The van der Waals surface area contributed by atoms with Crippen LogP contribution in [0.1, 0.15) is 142 Å². The summed E-state index contributed by atoms with van der Waals surface area (Å²) < 4.78 is 17.2. The van der Waals surface area contributed by atoms with Crippen molar-refractivity contribution in [3.05, 3.63) is 85.1 Å². The Morgan fingerprint density at radius 3 is 1.45 bits per heavy atom. The van der Waals surface area contributed by atoms with E-state index < -0.39 is 18.1 Å². The quantitative estimate of drug-likeness (QED) is 0.0293. The van der Waals surface area contributed by atoms with Crippen molar-refractivity contribution in [3.8, 4) is 0 Å². The third-order valence-electron chi connectivity index (χ3n) is 8.79. The zero-order valence-electron chi connectivity index (χ0n) is 35.3. The molecule has 0 spiro atoms. The van der Waals surface area contributed by atoms with Gasteiger partial charge in [0, 0.05) is 19.3 Å². The molecule has 2 atom stereocenters. The van der Waals surface area contributed by atoms with Gasteiger partial charge < -0.3 is 23.8 Å². The van der Waals surface area contributed by atoms with Gasteiger partial charge in [0.05, 0.1) is 34.4 Å². The molecular formula is C47H78NO7+. The Hall–Kier alpha value is -3.49. The summed E-state index contributed by atoms with van der Waals surface area (Å²) in [5.74, 6) is -1.55. The second kappa shape index (κ2) is 37.4. The molecule has 0 aromatic carbocycles. The van der Waals surface area contributed by atoms with E-state index in [4.69, 9.17) is 14.2 Å². The van der Waals surface area contributed by atoms with Crippen molar-refractivity contribution in [1.82, 2.24) is 0 Å². The van der Waals surface area contributed by atoms with Gasteiger partial charge in [0.25, 0.3) is 0 Å². The van der Waals surface area contributed by atoms with E-state index in [1.165, 1.54) is 12.8 Å². The zero-order valence-corrected chi connectivity index (χ0v) is 35.3. The van der Waals surface area contributed by atoms with E-state index in [2.05, 4.69) is 98.9 Å². The van der Waals surface area contributed by atoms with Crippen molar-refractivity contribution in [1.29, 1.82) is 0 Å². The summed E-state index contributed by atoms with van der Waals surface area (Å²) in [6, 6.07) is -0.626. The summed E-state index contributed by atoms with van der Waals surface area (Å²) >= 11 is 0. The van der Waals surface area contributed by atoms with Gasteiger partial charge in [0.15, 0.2) is 12.1 Å². The molecular weight excluding hydrogens is 691 g/mol. The van der Waals surface area contributed by atoms with Crippen LogP contribution in [-0.4, -0.2) is 80.6 Å². The average molecular weight is 769 g/mol. The summed E-state index contributed by atoms with van der Waals surface area (Å²) in [5, 5.41) is 9.59. The Kier molecular flexibility index (Phi) is 35.1. The Balaban J connectivity index is 4.31. The van der Waals surface area contributed by atoms with Crippen LogP contribution in [0.4, 0.5) is 0 Å². The molecule has 0 rings (SSSR count). The molecule has 312 valence electrons. The third kappa shape index (κ3) is 35.9. The van der Waals surface area contributed by atoms with Gasteiger partial charge in [-0.15, -0.1) is 0 Å². The van der Waals surface area contributed by atoms with Crippen molar-refractivity contribution in [2.75, 3.05) is 41.0 Å². The minimum Gasteiger partial charge on any atom is -0.477 e. The normalized spacial score (nSPS) is 13.8. The lowest BCUT2D eigenvalue weighted by atomic mass is 10.1. The third-order valence-corrected chi connectivity index (χ3v) is 8.79. The molecule has 0 heterocycles. The summed E-state index contributed by atoms with van der Waals surface area (Å²) in [6.45, 7) is 4.42. The molecule has 0 bridgehead atoms. The summed E-state index contributed by atoms with van der Waals surface area (Å²) in [5.41, 5.74) is 0. The van der Waals surface area contributed by atoms with Crippen LogP contribution in [0, 0.1) is 0 Å². The van der Waals surface area contributed by atoms with E-state index in [0.717, 1.165) is 89.9 Å². The molecule has 0 aromatic heterocycles. The fourth-order valence-electron chi connectivity index (χ4n) is 5.57. The van der Waals surface area contributed by atoms with E-state index >= 15 is 0 Å². The van der Waals surface area contributed by atoms with E-state index in [0.29, 0.717) is 19.3 Å². The lowest BCUT2D eigenvalue weighted by molar-refractivity contribution is -0.887. The van der Waals surface area contributed by atoms with Crippen molar-refractivity contribution >= 4 is 17.9 Å². The van der Waals surface area contributed by atoms with Crippen LogP contribution in [0.3, 0.4) is 0 Å². The van der Waals surface area contributed by atoms with Gasteiger partial charge in [-0.3, -0.25) is 9.59 Å². The van der Waals surface area contributed by atoms with Crippen LogP contribution in [0.5, 0.6) is 0 Å². The minimum absolute atomic E-state index is 0.0378.